The first kappa shape index (κ1) is 17.8. The van der Waals surface area contributed by atoms with Crippen LogP contribution in [0.3, 0.4) is 0 Å². The molecule has 3 aromatic rings. The number of nitrogens with zero attached hydrogens (tertiary/aromatic N) is 4. The molecule has 0 radical (unpaired) electrons. The zero-order valence-corrected chi connectivity index (χ0v) is 15.1. The molecule has 3 rings (SSSR count). The Morgan fingerprint density at radius 2 is 1.77 bits per heavy atom. The number of carbonyl (C=O) groups excluding carboxylic acids is 1. The quantitative estimate of drug-likeness (QED) is 0.725. The first-order chi connectivity index (χ1) is 12.3. The third-order valence-electron chi connectivity index (χ3n) is 3.92. The second kappa shape index (κ2) is 7.09. The van der Waals surface area contributed by atoms with Gasteiger partial charge in [0.05, 0.1) is 28.8 Å². The topological polar surface area (TPSA) is 84.7 Å². The molecule has 7 nitrogen and oxygen atoms in total. The molecule has 0 spiro atoms. The molecule has 0 aliphatic heterocycles. The summed E-state index contributed by atoms with van der Waals surface area (Å²) < 4.78 is 14.8. The van der Waals surface area contributed by atoms with Crippen molar-refractivity contribution in [3.05, 3.63) is 58.4 Å². The monoisotopic (exact) mass is 374 g/mol. The maximum absolute atomic E-state index is 13.1. The number of hydrogen-bond donors (Lipinski definition) is 2. The van der Waals surface area contributed by atoms with Crippen molar-refractivity contribution >= 4 is 29.0 Å². The second-order valence-corrected chi connectivity index (χ2v) is 6.09. The average molecular weight is 375 g/mol. The van der Waals surface area contributed by atoms with Crippen LogP contribution in [0.5, 0.6) is 0 Å². The van der Waals surface area contributed by atoms with Crippen molar-refractivity contribution in [1.82, 2.24) is 19.7 Å². The smallest absolute Gasteiger partial charge is 0.308 e. The summed E-state index contributed by atoms with van der Waals surface area (Å²) >= 11 is 5.68. The van der Waals surface area contributed by atoms with E-state index in [1.54, 1.807) is 4.68 Å². The maximum Gasteiger partial charge on any atom is 0.323 e. The number of aryl methyl sites for hydroxylation is 1. The lowest BCUT2D eigenvalue weighted by atomic mass is 10.2. The Bertz CT molecular complexity index is 970. The van der Waals surface area contributed by atoms with Gasteiger partial charge >= 0.3 is 6.03 Å². The van der Waals surface area contributed by atoms with E-state index in [2.05, 4.69) is 25.7 Å². The maximum atomic E-state index is 13.1. The van der Waals surface area contributed by atoms with Crippen LogP contribution in [0, 0.1) is 26.6 Å². The summed E-state index contributed by atoms with van der Waals surface area (Å²) in [5.74, 6) is -0.143. The molecule has 134 valence electrons. The van der Waals surface area contributed by atoms with Gasteiger partial charge in [-0.3, -0.25) is 0 Å². The van der Waals surface area contributed by atoms with Crippen LogP contribution in [0.25, 0.3) is 5.95 Å². The fourth-order valence-corrected chi connectivity index (χ4v) is 2.46. The van der Waals surface area contributed by atoms with E-state index in [0.717, 1.165) is 17.0 Å². The Balaban J connectivity index is 1.69. The van der Waals surface area contributed by atoms with Gasteiger partial charge in [0.25, 0.3) is 5.95 Å². The minimum absolute atomic E-state index is 0.0735. The first-order valence-electron chi connectivity index (χ1n) is 7.73. The van der Waals surface area contributed by atoms with Crippen molar-refractivity contribution in [3.8, 4) is 5.95 Å². The molecule has 0 saturated heterocycles. The molecule has 2 amide bonds. The predicted molar refractivity (Wildman–Crippen MR) is 97.4 cm³/mol. The molecule has 2 N–H and O–H groups in total. The van der Waals surface area contributed by atoms with Crippen molar-refractivity contribution in [1.29, 1.82) is 0 Å². The number of benzene rings is 1. The van der Waals surface area contributed by atoms with Gasteiger partial charge in [0.2, 0.25) is 0 Å². The van der Waals surface area contributed by atoms with E-state index in [1.165, 1.54) is 30.6 Å². The molecule has 2 heterocycles. The lowest BCUT2D eigenvalue weighted by Crippen LogP contribution is -2.20. The highest BCUT2D eigenvalue weighted by molar-refractivity contribution is 6.31. The van der Waals surface area contributed by atoms with Gasteiger partial charge in [-0.05, 0) is 44.5 Å². The average Bonchev–Trinajstić information content (AvgIpc) is 2.86. The van der Waals surface area contributed by atoms with Gasteiger partial charge in [-0.25, -0.2) is 23.8 Å². The third kappa shape index (κ3) is 3.65. The fourth-order valence-electron chi connectivity index (χ4n) is 2.28. The number of aromatic nitrogens is 4. The minimum atomic E-state index is -0.555. The molecule has 0 fully saturated rings. The van der Waals surface area contributed by atoms with E-state index >= 15 is 0 Å². The van der Waals surface area contributed by atoms with Crippen LogP contribution in [0.4, 0.5) is 20.6 Å². The van der Waals surface area contributed by atoms with Crippen molar-refractivity contribution in [2.45, 2.75) is 20.8 Å². The molecule has 0 saturated carbocycles. The van der Waals surface area contributed by atoms with E-state index in [9.17, 15) is 9.18 Å². The van der Waals surface area contributed by atoms with Gasteiger partial charge in [0, 0.05) is 11.4 Å². The van der Waals surface area contributed by atoms with E-state index < -0.39 is 11.8 Å². The lowest BCUT2D eigenvalue weighted by molar-refractivity contribution is 0.262. The summed E-state index contributed by atoms with van der Waals surface area (Å²) in [7, 11) is 0. The Hall–Kier alpha value is -3.00. The molecule has 9 heteroatoms. The van der Waals surface area contributed by atoms with Crippen LogP contribution in [-0.2, 0) is 0 Å². The fraction of sp³-hybridized carbons (Fsp3) is 0.176. The number of carbonyl (C=O) groups is 1. The number of nitrogens with one attached hydrogen (secondary N) is 2. The highest BCUT2D eigenvalue weighted by Crippen LogP contribution is 2.19. The number of anilines is 2. The standard InChI is InChI=1S/C17H16ClFN6O/c1-9-10(2)24-25(11(9)3)16-20-7-13(8-21-16)23-17(26)22-12-4-5-15(19)14(18)6-12/h4-8H,1-3H3,(H2,22,23,26). The highest BCUT2D eigenvalue weighted by Gasteiger charge is 2.11. The van der Waals surface area contributed by atoms with Crippen molar-refractivity contribution in [3.63, 3.8) is 0 Å². The third-order valence-corrected chi connectivity index (χ3v) is 4.21. The molecular weight excluding hydrogens is 359 g/mol. The van der Waals surface area contributed by atoms with E-state index in [-0.39, 0.29) is 5.02 Å². The van der Waals surface area contributed by atoms with Gasteiger partial charge in [-0.1, -0.05) is 11.6 Å². The van der Waals surface area contributed by atoms with Crippen molar-refractivity contribution in [2.24, 2.45) is 0 Å². The van der Waals surface area contributed by atoms with E-state index in [1.807, 2.05) is 20.8 Å². The predicted octanol–water partition coefficient (Wildman–Crippen LogP) is 4.02. The Morgan fingerprint density at radius 3 is 2.35 bits per heavy atom. The number of hydrogen-bond acceptors (Lipinski definition) is 4. The summed E-state index contributed by atoms with van der Waals surface area (Å²) in [5.41, 5.74) is 3.70. The summed E-state index contributed by atoms with van der Waals surface area (Å²) in [6, 6.07) is 3.38. The highest BCUT2D eigenvalue weighted by atomic mass is 35.5. The molecule has 0 aliphatic rings. The first-order valence-corrected chi connectivity index (χ1v) is 8.11. The SMILES string of the molecule is Cc1nn(-c2ncc(NC(=O)Nc3ccc(F)c(Cl)c3)cn2)c(C)c1C. The van der Waals surface area contributed by atoms with E-state index in [0.29, 0.717) is 17.3 Å². The van der Waals surface area contributed by atoms with Crippen LogP contribution in [0.2, 0.25) is 5.02 Å². The largest absolute Gasteiger partial charge is 0.323 e. The molecule has 1 aromatic carbocycles. The van der Waals surface area contributed by atoms with Gasteiger partial charge in [-0.2, -0.15) is 5.10 Å². The number of urea groups is 1. The summed E-state index contributed by atoms with van der Waals surface area (Å²) in [4.78, 5) is 20.5. The lowest BCUT2D eigenvalue weighted by Gasteiger charge is -2.08. The number of amides is 2. The molecule has 0 bridgehead atoms. The molecule has 0 aliphatic carbocycles. The normalized spacial score (nSPS) is 10.7. The molecular formula is C17H16ClFN6O. The molecule has 2 aromatic heterocycles. The zero-order chi connectivity index (χ0) is 18.8. The van der Waals surface area contributed by atoms with Crippen LogP contribution in [0.15, 0.2) is 30.6 Å². The second-order valence-electron chi connectivity index (χ2n) is 5.69. The molecule has 0 atom stereocenters. The Labute approximate surface area is 154 Å². The summed E-state index contributed by atoms with van der Waals surface area (Å²) in [6.45, 7) is 5.84. The Kier molecular flexibility index (Phi) is 4.85. The van der Waals surface area contributed by atoms with Crippen LogP contribution >= 0.6 is 11.6 Å². The number of halogens is 2. The van der Waals surface area contributed by atoms with Crippen molar-refractivity contribution < 1.29 is 9.18 Å². The van der Waals surface area contributed by atoms with Gasteiger partial charge in [-0.15, -0.1) is 0 Å². The minimum Gasteiger partial charge on any atom is -0.308 e. The summed E-state index contributed by atoms with van der Waals surface area (Å²) in [5, 5.41) is 9.46. The van der Waals surface area contributed by atoms with Gasteiger partial charge < -0.3 is 10.6 Å². The van der Waals surface area contributed by atoms with Crippen LogP contribution < -0.4 is 10.6 Å². The zero-order valence-electron chi connectivity index (χ0n) is 14.3. The number of rotatable bonds is 3. The van der Waals surface area contributed by atoms with Crippen LogP contribution in [0.1, 0.15) is 17.0 Å². The molecule has 26 heavy (non-hydrogen) atoms. The van der Waals surface area contributed by atoms with Crippen molar-refractivity contribution in [2.75, 3.05) is 10.6 Å². The Morgan fingerprint density at radius 1 is 1.12 bits per heavy atom. The molecule has 0 unspecified atom stereocenters. The van der Waals surface area contributed by atoms with Gasteiger partial charge in [0.15, 0.2) is 0 Å². The van der Waals surface area contributed by atoms with Crippen LogP contribution in [-0.4, -0.2) is 25.8 Å². The van der Waals surface area contributed by atoms with Gasteiger partial charge in [0.1, 0.15) is 5.82 Å². The van der Waals surface area contributed by atoms with E-state index in [4.69, 9.17) is 11.6 Å². The summed E-state index contributed by atoms with van der Waals surface area (Å²) in [6.07, 6.45) is 2.96.